The van der Waals surface area contributed by atoms with E-state index in [0.29, 0.717) is 34.6 Å². The number of nitrogens with one attached hydrogen (secondary N) is 1. The van der Waals surface area contributed by atoms with Crippen LogP contribution in [0.5, 0.6) is 11.5 Å². The average Bonchev–Trinajstić information content (AvgIpc) is 2.51. The predicted octanol–water partition coefficient (Wildman–Crippen LogP) is 4.06. The van der Waals surface area contributed by atoms with Gasteiger partial charge in [0.1, 0.15) is 0 Å². The molecular formula is C17H24ClNO3. The molecule has 122 valence electrons. The average molecular weight is 326 g/mol. The lowest BCUT2D eigenvalue weighted by molar-refractivity contribution is 0.0910. The summed E-state index contributed by atoms with van der Waals surface area (Å²) in [5.41, 5.74) is 0.503. The predicted molar refractivity (Wildman–Crippen MR) is 88.1 cm³/mol. The summed E-state index contributed by atoms with van der Waals surface area (Å²) in [6.07, 6.45) is 4.62. The molecule has 1 aromatic carbocycles. The molecule has 0 saturated heterocycles. The molecule has 0 spiro atoms. The summed E-state index contributed by atoms with van der Waals surface area (Å²) < 4.78 is 10.8. The first-order chi connectivity index (χ1) is 10.6. The second kappa shape index (κ2) is 7.73. The zero-order valence-electron chi connectivity index (χ0n) is 13.4. The van der Waals surface area contributed by atoms with E-state index in [9.17, 15) is 4.79 Å². The summed E-state index contributed by atoms with van der Waals surface area (Å²) in [7, 11) is 1.54. The summed E-state index contributed by atoms with van der Waals surface area (Å²) in [5, 5.41) is 3.51. The van der Waals surface area contributed by atoms with E-state index in [1.54, 1.807) is 19.2 Å². The molecule has 22 heavy (non-hydrogen) atoms. The van der Waals surface area contributed by atoms with Gasteiger partial charge in [-0.05, 0) is 37.8 Å². The number of halogens is 1. The topological polar surface area (TPSA) is 47.6 Å². The van der Waals surface area contributed by atoms with Crippen molar-refractivity contribution < 1.29 is 14.3 Å². The van der Waals surface area contributed by atoms with E-state index in [2.05, 4.69) is 12.2 Å². The molecule has 4 nitrogen and oxygen atoms in total. The van der Waals surface area contributed by atoms with E-state index in [0.717, 1.165) is 12.8 Å². The molecule has 1 amide bonds. The summed E-state index contributed by atoms with van der Waals surface area (Å²) in [5.74, 6) is 1.37. The molecule has 2 rings (SSSR count). The Balaban J connectivity index is 2.17. The van der Waals surface area contributed by atoms with Crippen LogP contribution in [0.2, 0.25) is 5.02 Å². The van der Waals surface area contributed by atoms with Crippen molar-refractivity contribution in [3.63, 3.8) is 0 Å². The smallest absolute Gasteiger partial charge is 0.251 e. The Bertz CT molecular complexity index is 533. The SMILES string of the molecule is CCOc1c(Cl)cc(C(=O)N[C@H]2CCCC[C@H]2C)cc1OC. The van der Waals surface area contributed by atoms with Gasteiger partial charge < -0.3 is 14.8 Å². The van der Waals surface area contributed by atoms with Crippen LogP contribution < -0.4 is 14.8 Å². The summed E-state index contributed by atoms with van der Waals surface area (Å²) in [6.45, 7) is 4.55. The summed E-state index contributed by atoms with van der Waals surface area (Å²) >= 11 is 6.22. The van der Waals surface area contributed by atoms with Gasteiger partial charge in [-0.25, -0.2) is 0 Å². The molecule has 0 aliphatic heterocycles. The van der Waals surface area contributed by atoms with Crippen molar-refractivity contribution in [1.29, 1.82) is 0 Å². The monoisotopic (exact) mass is 325 g/mol. The maximum atomic E-state index is 12.5. The Hall–Kier alpha value is -1.42. The highest BCUT2D eigenvalue weighted by Gasteiger charge is 2.24. The maximum Gasteiger partial charge on any atom is 0.251 e. The van der Waals surface area contributed by atoms with Crippen molar-refractivity contribution in [1.82, 2.24) is 5.32 Å². The highest BCUT2D eigenvalue weighted by Crippen LogP contribution is 2.36. The molecule has 1 N–H and O–H groups in total. The highest BCUT2D eigenvalue weighted by molar-refractivity contribution is 6.32. The van der Waals surface area contributed by atoms with Crippen LogP contribution in [-0.4, -0.2) is 25.7 Å². The van der Waals surface area contributed by atoms with Crippen molar-refractivity contribution in [2.75, 3.05) is 13.7 Å². The van der Waals surface area contributed by atoms with Crippen molar-refractivity contribution in [3.8, 4) is 11.5 Å². The number of carbonyl (C=O) groups is 1. The Morgan fingerprint density at radius 3 is 2.73 bits per heavy atom. The molecule has 1 saturated carbocycles. The molecule has 0 radical (unpaired) electrons. The molecule has 0 unspecified atom stereocenters. The maximum absolute atomic E-state index is 12.5. The minimum atomic E-state index is -0.109. The van der Waals surface area contributed by atoms with Crippen LogP contribution in [0.15, 0.2) is 12.1 Å². The Morgan fingerprint density at radius 1 is 1.36 bits per heavy atom. The van der Waals surface area contributed by atoms with Crippen LogP contribution in [0.1, 0.15) is 49.9 Å². The minimum absolute atomic E-state index is 0.109. The third-order valence-electron chi connectivity index (χ3n) is 4.21. The van der Waals surface area contributed by atoms with Gasteiger partial charge in [-0.3, -0.25) is 4.79 Å². The minimum Gasteiger partial charge on any atom is -0.493 e. The van der Waals surface area contributed by atoms with Gasteiger partial charge in [-0.1, -0.05) is 31.4 Å². The standard InChI is InChI=1S/C17H24ClNO3/c1-4-22-16-13(18)9-12(10-15(16)21-3)17(20)19-14-8-6-5-7-11(14)2/h9-11,14H,4-8H2,1-3H3,(H,19,20)/t11-,14+/m1/s1. The molecule has 1 aliphatic carbocycles. The van der Waals surface area contributed by atoms with Crippen molar-refractivity contribution in [3.05, 3.63) is 22.7 Å². The van der Waals surface area contributed by atoms with Crippen molar-refractivity contribution >= 4 is 17.5 Å². The Morgan fingerprint density at radius 2 is 2.09 bits per heavy atom. The van der Waals surface area contributed by atoms with Crippen molar-refractivity contribution in [2.24, 2.45) is 5.92 Å². The number of rotatable bonds is 5. The van der Waals surface area contributed by atoms with Crippen molar-refractivity contribution in [2.45, 2.75) is 45.6 Å². The van der Waals surface area contributed by atoms with Gasteiger partial charge in [0.15, 0.2) is 11.5 Å². The number of ether oxygens (including phenoxy) is 2. The van der Waals surface area contributed by atoms with E-state index in [-0.39, 0.29) is 11.9 Å². The lowest BCUT2D eigenvalue weighted by atomic mass is 9.86. The normalized spacial score (nSPS) is 21.3. The first-order valence-electron chi connectivity index (χ1n) is 7.88. The molecular weight excluding hydrogens is 302 g/mol. The van der Waals surface area contributed by atoms with Gasteiger partial charge in [0.2, 0.25) is 0 Å². The third kappa shape index (κ3) is 3.86. The Kier molecular flexibility index (Phi) is 5.95. The van der Waals surface area contributed by atoms with Gasteiger partial charge in [0, 0.05) is 11.6 Å². The van der Waals surface area contributed by atoms with Gasteiger partial charge in [0.25, 0.3) is 5.91 Å². The fraction of sp³-hybridized carbons (Fsp3) is 0.588. The number of hydrogen-bond donors (Lipinski definition) is 1. The van der Waals surface area contributed by atoms with Gasteiger partial charge >= 0.3 is 0 Å². The lowest BCUT2D eigenvalue weighted by Crippen LogP contribution is -2.41. The number of methoxy groups -OCH3 is 1. The molecule has 1 fully saturated rings. The van der Waals surface area contributed by atoms with Crippen LogP contribution >= 0.6 is 11.6 Å². The Labute approximate surface area is 137 Å². The second-order valence-electron chi connectivity index (χ2n) is 5.76. The quantitative estimate of drug-likeness (QED) is 0.888. The van der Waals surface area contributed by atoms with E-state index >= 15 is 0 Å². The molecule has 5 heteroatoms. The first kappa shape index (κ1) is 16.9. The van der Waals surface area contributed by atoms with Gasteiger partial charge in [-0.2, -0.15) is 0 Å². The molecule has 0 aromatic heterocycles. The zero-order valence-corrected chi connectivity index (χ0v) is 14.2. The van der Waals surface area contributed by atoms with Crippen LogP contribution in [0.4, 0.5) is 0 Å². The van der Waals surface area contributed by atoms with Crippen LogP contribution in [0, 0.1) is 5.92 Å². The van der Waals surface area contributed by atoms with E-state index in [1.165, 1.54) is 12.8 Å². The van der Waals surface area contributed by atoms with Crippen LogP contribution in [-0.2, 0) is 0 Å². The van der Waals surface area contributed by atoms with Gasteiger partial charge in [0.05, 0.1) is 18.7 Å². The number of hydrogen-bond acceptors (Lipinski definition) is 3. The second-order valence-corrected chi connectivity index (χ2v) is 6.17. The molecule has 0 heterocycles. The van der Waals surface area contributed by atoms with E-state index in [4.69, 9.17) is 21.1 Å². The van der Waals surface area contributed by atoms with E-state index in [1.807, 2.05) is 6.92 Å². The molecule has 1 aliphatic rings. The zero-order chi connectivity index (χ0) is 16.1. The number of amides is 1. The van der Waals surface area contributed by atoms with Crippen LogP contribution in [0.3, 0.4) is 0 Å². The van der Waals surface area contributed by atoms with Crippen LogP contribution in [0.25, 0.3) is 0 Å². The highest BCUT2D eigenvalue weighted by atomic mass is 35.5. The van der Waals surface area contributed by atoms with Gasteiger partial charge in [-0.15, -0.1) is 0 Å². The molecule has 0 bridgehead atoms. The lowest BCUT2D eigenvalue weighted by Gasteiger charge is -2.29. The third-order valence-corrected chi connectivity index (χ3v) is 4.49. The molecule has 1 aromatic rings. The van der Waals surface area contributed by atoms with E-state index < -0.39 is 0 Å². The fourth-order valence-electron chi connectivity index (χ4n) is 2.92. The summed E-state index contributed by atoms with van der Waals surface area (Å²) in [6, 6.07) is 3.55. The fourth-order valence-corrected chi connectivity index (χ4v) is 3.18. The number of carbonyl (C=O) groups excluding carboxylic acids is 1. The largest absolute Gasteiger partial charge is 0.493 e. The first-order valence-corrected chi connectivity index (χ1v) is 8.25. The summed E-state index contributed by atoms with van der Waals surface area (Å²) in [4.78, 5) is 12.5. The number of benzene rings is 1. The molecule has 2 atom stereocenters.